The predicted molar refractivity (Wildman–Crippen MR) is 86.3 cm³/mol. The van der Waals surface area contributed by atoms with Gasteiger partial charge in [0.1, 0.15) is 22.5 Å². The summed E-state index contributed by atoms with van der Waals surface area (Å²) < 4.78 is 5.21. The molecule has 5 nitrogen and oxygen atoms in total. The van der Waals surface area contributed by atoms with Crippen molar-refractivity contribution in [3.05, 3.63) is 45.1 Å². The number of fused-ring (bicyclic) bond motifs is 1. The van der Waals surface area contributed by atoms with Crippen LogP contribution >= 0.6 is 11.3 Å². The van der Waals surface area contributed by atoms with Gasteiger partial charge in [0.2, 0.25) is 0 Å². The SMILES string of the molecule is Cc1sc2nc(-c3ccc(OCC#N)cc3)[nH]c(=O)c2c1C. The number of nitrogens with zero attached hydrogens (tertiary/aromatic N) is 2. The lowest BCUT2D eigenvalue weighted by atomic mass is 10.2. The second-order valence-corrected chi connectivity index (χ2v) is 6.05. The number of ether oxygens (including phenoxy) is 1. The van der Waals surface area contributed by atoms with Gasteiger partial charge in [-0.25, -0.2) is 4.98 Å². The molecule has 0 saturated heterocycles. The summed E-state index contributed by atoms with van der Waals surface area (Å²) in [5.74, 6) is 1.14. The highest BCUT2D eigenvalue weighted by Crippen LogP contribution is 2.27. The van der Waals surface area contributed by atoms with Crippen LogP contribution in [0.4, 0.5) is 0 Å². The van der Waals surface area contributed by atoms with Crippen molar-refractivity contribution in [3.8, 4) is 23.2 Å². The lowest BCUT2D eigenvalue weighted by Gasteiger charge is -2.04. The Kier molecular flexibility index (Phi) is 3.65. The fraction of sp³-hybridized carbons (Fsp3) is 0.188. The van der Waals surface area contributed by atoms with E-state index in [-0.39, 0.29) is 12.2 Å². The highest BCUT2D eigenvalue weighted by Gasteiger charge is 2.12. The van der Waals surface area contributed by atoms with Gasteiger partial charge in [0.25, 0.3) is 5.56 Å². The van der Waals surface area contributed by atoms with E-state index in [2.05, 4.69) is 9.97 Å². The van der Waals surface area contributed by atoms with Crippen molar-refractivity contribution in [2.45, 2.75) is 13.8 Å². The van der Waals surface area contributed by atoms with Crippen LogP contribution in [-0.4, -0.2) is 16.6 Å². The Morgan fingerprint density at radius 2 is 2.05 bits per heavy atom. The van der Waals surface area contributed by atoms with E-state index in [1.807, 2.05) is 32.0 Å². The summed E-state index contributed by atoms with van der Waals surface area (Å²) in [6.07, 6.45) is 0. The Labute approximate surface area is 130 Å². The summed E-state index contributed by atoms with van der Waals surface area (Å²) in [5.41, 5.74) is 1.67. The number of thiophene rings is 1. The molecule has 0 fully saturated rings. The molecule has 0 saturated carbocycles. The molecule has 110 valence electrons. The zero-order valence-corrected chi connectivity index (χ0v) is 13.0. The van der Waals surface area contributed by atoms with E-state index in [4.69, 9.17) is 10.00 Å². The Morgan fingerprint density at radius 3 is 2.73 bits per heavy atom. The molecule has 6 heteroatoms. The van der Waals surface area contributed by atoms with Crippen LogP contribution < -0.4 is 10.3 Å². The van der Waals surface area contributed by atoms with Crippen LogP contribution in [0.15, 0.2) is 29.1 Å². The van der Waals surface area contributed by atoms with Gasteiger partial charge >= 0.3 is 0 Å². The first-order valence-corrected chi connectivity index (χ1v) is 7.52. The van der Waals surface area contributed by atoms with Gasteiger partial charge in [-0.05, 0) is 43.7 Å². The van der Waals surface area contributed by atoms with E-state index >= 15 is 0 Å². The summed E-state index contributed by atoms with van der Waals surface area (Å²) in [6, 6.07) is 9.04. The zero-order chi connectivity index (χ0) is 15.7. The van der Waals surface area contributed by atoms with Gasteiger partial charge < -0.3 is 9.72 Å². The number of hydrogen-bond donors (Lipinski definition) is 1. The average Bonchev–Trinajstić information content (AvgIpc) is 2.81. The molecule has 1 aromatic carbocycles. The average molecular weight is 311 g/mol. The minimum absolute atomic E-state index is 0.00807. The third kappa shape index (κ3) is 2.47. The molecule has 0 bridgehead atoms. The third-order valence-corrected chi connectivity index (χ3v) is 4.57. The van der Waals surface area contributed by atoms with Gasteiger partial charge in [0, 0.05) is 10.4 Å². The number of rotatable bonds is 3. The van der Waals surface area contributed by atoms with Gasteiger partial charge in [-0.1, -0.05) is 0 Å². The maximum Gasteiger partial charge on any atom is 0.260 e. The van der Waals surface area contributed by atoms with E-state index < -0.39 is 0 Å². The molecule has 0 radical (unpaired) electrons. The minimum Gasteiger partial charge on any atom is -0.479 e. The van der Waals surface area contributed by atoms with Crippen LogP contribution in [0.3, 0.4) is 0 Å². The lowest BCUT2D eigenvalue weighted by molar-refractivity contribution is 0.368. The predicted octanol–water partition coefficient (Wildman–Crippen LogP) is 3.17. The number of benzene rings is 1. The maximum absolute atomic E-state index is 12.3. The van der Waals surface area contributed by atoms with Crippen molar-refractivity contribution in [3.63, 3.8) is 0 Å². The fourth-order valence-electron chi connectivity index (χ4n) is 2.22. The van der Waals surface area contributed by atoms with E-state index in [1.54, 1.807) is 12.1 Å². The zero-order valence-electron chi connectivity index (χ0n) is 12.1. The molecule has 2 heterocycles. The van der Waals surface area contributed by atoms with E-state index in [1.165, 1.54) is 11.3 Å². The molecule has 0 aliphatic carbocycles. The fourth-order valence-corrected chi connectivity index (χ4v) is 3.25. The van der Waals surface area contributed by atoms with Gasteiger partial charge in [-0.15, -0.1) is 11.3 Å². The minimum atomic E-state index is -0.119. The van der Waals surface area contributed by atoms with Crippen LogP contribution in [-0.2, 0) is 0 Å². The second-order valence-electron chi connectivity index (χ2n) is 4.85. The summed E-state index contributed by atoms with van der Waals surface area (Å²) in [5, 5.41) is 9.16. The van der Waals surface area contributed by atoms with Crippen molar-refractivity contribution < 1.29 is 4.74 Å². The van der Waals surface area contributed by atoms with Crippen molar-refractivity contribution in [2.24, 2.45) is 0 Å². The van der Waals surface area contributed by atoms with Gasteiger partial charge in [0.05, 0.1) is 5.39 Å². The Hall–Kier alpha value is -2.65. The smallest absolute Gasteiger partial charge is 0.260 e. The maximum atomic E-state index is 12.3. The Bertz CT molecular complexity index is 933. The molecular weight excluding hydrogens is 298 g/mol. The molecule has 0 amide bonds. The van der Waals surface area contributed by atoms with Crippen LogP contribution in [0, 0.1) is 25.2 Å². The molecule has 3 aromatic rings. The second kappa shape index (κ2) is 5.62. The van der Waals surface area contributed by atoms with E-state index in [0.717, 1.165) is 20.8 Å². The van der Waals surface area contributed by atoms with E-state index in [0.29, 0.717) is 17.0 Å². The van der Waals surface area contributed by atoms with Crippen molar-refractivity contribution in [1.29, 1.82) is 5.26 Å². The quantitative estimate of drug-likeness (QED) is 0.805. The molecule has 0 unspecified atom stereocenters. The topological polar surface area (TPSA) is 78.8 Å². The molecular formula is C16H13N3O2S. The summed E-state index contributed by atoms with van der Waals surface area (Å²) in [4.78, 5) is 21.5. The monoisotopic (exact) mass is 311 g/mol. The number of nitrogens with one attached hydrogen (secondary N) is 1. The Morgan fingerprint density at radius 1 is 1.32 bits per heavy atom. The normalized spacial score (nSPS) is 10.6. The first-order chi connectivity index (χ1) is 10.6. The van der Waals surface area contributed by atoms with Crippen LogP contribution in [0.5, 0.6) is 5.75 Å². The van der Waals surface area contributed by atoms with E-state index in [9.17, 15) is 4.79 Å². The van der Waals surface area contributed by atoms with Crippen LogP contribution in [0.2, 0.25) is 0 Å². The number of nitriles is 1. The van der Waals surface area contributed by atoms with Gasteiger partial charge in [-0.3, -0.25) is 4.79 Å². The number of aryl methyl sites for hydroxylation is 2. The molecule has 22 heavy (non-hydrogen) atoms. The molecule has 0 aliphatic heterocycles. The molecule has 1 N–H and O–H groups in total. The largest absolute Gasteiger partial charge is 0.479 e. The Balaban J connectivity index is 2.03. The first kappa shape index (κ1) is 14.3. The highest BCUT2D eigenvalue weighted by molar-refractivity contribution is 7.18. The van der Waals surface area contributed by atoms with Crippen molar-refractivity contribution in [2.75, 3.05) is 6.61 Å². The molecule has 0 spiro atoms. The van der Waals surface area contributed by atoms with Crippen LogP contribution in [0.1, 0.15) is 10.4 Å². The number of hydrogen-bond acceptors (Lipinski definition) is 5. The summed E-state index contributed by atoms with van der Waals surface area (Å²) >= 11 is 1.52. The molecule has 0 aliphatic rings. The third-order valence-electron chi connectivity index (χ3n) is 3.47. The molecule has 0 atom stereocenters. The number of H-pyrrole nitrogens is 1. The molecule has 3 rings (SSSR count). The standard InChI is InChI=1S/C16H13N3O2S/c1-9-10(2)22-16-13(9)15(20)18-14(19-16)11-3-5-12(6-4-11)21-8-7-17/h3-6H,8H2,1-2H3,(H,18,19,20). The molecule has 2 aromatic heterocycles. The number of aromatic nitrogens is 2. The highest BCUT2D eigenvalue weighted by atomic mass is 32.1. The summed E-state index contributed by atoms with van der Waals surface area (Å²) in [7, 11) is 0. The van der Waals surface area contributed by atoms with Gasteiger partial charge in [0.15, 0.2) is 6.61 Å². The first-order valence-electron chi connectivity index (χ1n) is 6.70. The number of aromatic amines is 1. The van der Waals surface area contributed by atoms with Crippen molar-refractivity contribution >= 4 is 21.6 Å². The lowest BCUT2D eigenvalue weighted by Crippen LogP contribution is -2.09. The summed E-state index contributed by atoms with van der Waals surface area (Å²) in [6.45, 7) is 3.93. The van der Waals surface area contributed by atoms with Crippen LogP contribution in [0.25, 0.3) is 21.6 Å². The van der Waals surface area contributed by atoms with Crippen molar-refractivity contribution in [1.82, 2.24) is 9.97 Å². The van der Waals surface area contributed by atoms with Gasteiger partial charge in [-0.2, -0.15) is 5.26 Å².